The molecule has 0 amide bonds. The Hall–Kier alpha value is -5.30. The van der Waals surface area contributed by atoms with E-state index in [2.05, 4.69) is 0 Å². The molecule has 2 heterocycles. The van der Waals surface area contributed by atoms with Gasteiger partial charge in [-0.2, -0.15) is 0 Å². The van der Waals surface area contributed by atoms with E-state index < -0.39 is 11.9 Å². The molecule has 1 atom stereocenters. The molecule has 5 aromatic rings. The lowest BCUT2D eigenvalue weighted by Gasteiger charge is -2.26. The number of rotatable bonds is 7. The van der Waals surface area contributed by atoms with E-state index in [0.29, 0.717) is 45.0 Å². The van der Waals surface area contributed by atoms with Gasteiger partial charge in [-0.25, -0.2) is 4.79 Å². The van der Waals surface area contributed by atoms with Crippen LogP contribution >= 0.6 is 0 Å². The highest BCUT2D eigenvalue weighted by molar-refractivity contribution is 5.98. The molecule has 3 aromatic carbocycles. The van der Waals surface area contributed by atoms with Crippen molar-refractivity contribution in [2.45, 2.75) is 19.8 Å². The molecule has 1 unspecified atom stereocenters. The number of ether oxygens (including phenoxy) is 2. The lowest BCUT2D eigenvalue weighted by Crippen LogP contribution is -2.25. The standard InChI is InChI=1S/C35H28O7/c1-4-40-35(38)30-20(2)16-28-32(33(30)31-25-11-6-5-9-22(25)12-14-27(31)39-3)34(37)29(42-28)18-24-13-15-26(41-24)23-10-7-8-21(17-23)19-36/h5-19,33,37H,4H2,1-3H3. The van der Waals surface area contributed by atoms with Crippen molar-refractivity contribution in [1.29, 1.82) is 0 Å². The van der Waals surface area contributed by atoms with Crippen LogP contribution in [0.25, 0.3) is 34.2 Å². The average molecular weight is 561 g/mol. The van der Waals surface area contributed by atoms with E-state index in [1.807, 2.05) is 49.4 Å². The topological polar surface area (TPSA) is 99.1 Å². The third-order valence-corrected chi connectivity index (χ3v) is 7.47. The van der Waals surface area contributed by atoms with Crippen LogP contribution in [0.1, 0.15) is 47.0 Å². The van der Waals surface area contributed by atoms with Gasteiger partial charge in [-0.1, -0.05) is 48.5 Å². The lowest BCUT2D eigenvalue weighted by atomic mass is 9.78. The van der Waals surface area contributed by atoms with Crippen molar-refractivity contribution >= 4 is 35.2 Å². The van der Waals surface area contributed by atoms with Crippen LogP contribution < -0.4 is 15.6 Å². The summed E-state index contributed by atoms with van der Waals surface area (Å²) in [6, 6.07) is 22.3. The molecule has 0 aliphatic heterocycles. The lowest BCUT2D eigenvalue weighted by molar-refractivity contribution is -0.138. The minimum absolute atomic E-state index is 0.114. The number of aldehydes is 1. The molecule has 0 bridgehead atoms. The zero-order valence-electron chi connectivity index (χ0n) is 23.3. The molecule has 0 fully saturated rings. The molecule has 42 heavy (non-hydrogen) atoms. The van der Waals surface area contributed by atoms with Crippen molar-refractivity contribution in [1.82, 2.24) is 0 Å². The second kappa shape index (κ2) is 10.9. The van der Waals surface area contributed by atoms with Gasteiger partial charge in [0.2, 0.25) is 0 Å². The van der Waals surface area contributed by atoms with E-state index in [9.17, 15) is 14.7 Å². The summed E-state index contributed by atoms with van der Waals surface area (Å²) in [5, 5.41) is 13.5. The van der Waals surface area contributed by atoms with Gasteiger partial charge < -0.3 is 23.4 Å². The van der Waals surface area contributed by atoms with Gasteiger partial charge >= 0.3 is 5.97 Å². The summed E-state index contributed by atoms with van der Waals surface area (Å²) in [6.45, 7) is 3.79. The number of hydrogen-bond acceptors (Lipinski definition) is 7. The first-order valence-corrected chi connectivity index (χ1v) is 13.6. The molecule has 0 spiro atoms. The highest BCUT2D eigenvalue weighted by Crippen LogP contribution is 2.45. The fraction of sp³-hybridized carbons (Fsp3) is 0.143. The summed E-state index contributed by atoms with van der Waals surface area (Å²) in [4.78, 5) is 24.6. The van der Waals surface area contributed by atoms with Crippen molar-refractivity contribution in [3.8, 4) is 22.8 Å². The SMILES string of the molecule is CCOC(=O)C1=C(C)C=c2oc(=Cc3ccc(-c4cccc(C=O)c4)o3)c(O)c2C1c1c(OC)ccc2ccccc12. The van der Waals surface area contributed by atoms with Crippen LogP contribution in [0, 0.1) is 0 Å². The van der Waals surface area contributed by atoms with Gasteiger partial charge in [-0.05, 0) is 60.5 Å². The van der Waals surface area contributed by atoms with Crippen molar-refractivity contribution in [2.75, 3.05) is 13.7 Å². The van der Waals surface area contributed by atoms with Gasteiger partial charge in [0.05, 0.1) is 30.8 Å². The normalized spacial score (nSPS) is 14.9. The van der Waals surface area contributed by atoms with Crippen LogP contribution in [-0.4, -0.2) is 31.1 Å². The Morgan fingerprint density at radius 1 is 1.00 bits per heavy atom. The largest absolute Gasteiger partial charge is 0.504 e. The predicted molar refractivity (Wildman–Crippen MR) is 159 cm³/mol. The van der Waals surface area contributed by atoms with E-state index in [1.165, 1.54) is 0 Å². The molecule has 2 aromatic heterocycles. The van der Waals surface area contributed by atoms with Crippen molar-refractivity contribution in [3.63, 3.8) is 0 Å². The molecule has 7 heteroatoms. The highest BCUT2D eigenvalue weighted by atomic mass is 16.5. The molecule has 0 saturated heterocycles. The van der Waals surface area contributed by atoms with E-state index in [1.54, 1.807) is 56.5 Å². The molecular formula is C35H28O7. The zero-order valence-corrected chi connectivity index (χ0v) is 23.3. The number of fused-ring (bicyclic) bond motifs is 2. The zero-order chi connectivity index (χ0) is 29.4. The second-order valence-electron chi connectivity index (χ2n) is 9.98. The average Bonchev–Trinajstić information content (AvgIpc) is 3.60. The van der Waals surface area contributed by atoms with Crippen LogP contribution in [0.3, 0.4) is 0 Å². The third-order valence-electron chi connectivity index (χ3n) is 7.47. The number of furan rings is 2. The van der Waals surface area contributed by atoms with Crippen LogP contribution in [0.5, 0.6) is 11.5 Å². The number of carbonyl (C=O) groups is 2. The van der Waals surface area contributed by atoms with E-state index in [0.717, 1.165) is 28.2 Å². The summed E-state index contributed by atoms with van der Waals surface area (Å²) in [7, 11) is 1.58. The third kappa shape index (κ3) is 4.59. The molecule has 210 valence electrons. The van der Waals surface area contributed by atoms with Gasteiger partial charge in [0.1, 0.15) is 29.0 Å². The second-order valence-corrected chi connectivity index (χ2v) is 9.98. The summed E-state index contributed by atoms with van der Waals surface area (Å²) >= 11 is 0. The number of esters is 1. The smallest absolute Gasteiger partial charge is 0.335 e. The summed E-state index contributed by atoms with van der Waals surface area (Å²) in [5.74, 6) is 0.257. The van der Waals surface area contributed by atoms with Crippen molar-refractivity contribution in [2.24, 2.45) is 0 Å². The van der Waals surface area contributed by atoms with Gasteiger partial charge in [0, 0.05) is 22.8 Å². The number of carbonyl (C=O) groups excluding carboxylic acids is 2. The Labute approximate surface area is 241 Å². The monoisotopic (exact) mass is 560 g/mol. The van der Waals surface area contributed by atoms with E-state index in [4.69, 9.17) is 18.3 Å². The van der Waals surface area contributed by atoms with Crippen LogP contribution in [0.4, 0.5) is 0 Å². The molecule has 7 nitrogen and oxygen atoms in total. The van der Waals surface area contributed by atoms with Gasteiger partial charge in [0.25, 0.3) is 0 Å². The van der Waals surface area contributed by atoms with Crippen molar-refractivity contribution < 1.29 is 33.0 Å². The van der Waals surface area contributed by atoms with Gasteiger partial charge in [-0.15, -0.1) is 0 Å². The van der Waals surface area contributed by atoms with Crippen LogP contribution in [-0.2, 0) is 9.53 Å². The maximum absolute atomic E-state index is 13.4. The molecule has 6 rings (SSSR count). The number of methoxy groups -OCH3 is 1. The Morgan fingerprint density at radius 3 is 2.62 bits per heavy atom. The Balaban J connectivity index is 1.55. The van der Waals surface area contributed by atoms with Crippen LogP contribution in [0.2, 0.25) is 0 Å². The molecule has 0 radical (unpaired) electrons. The summed E-state index contributed by atoms with van der Waals surface area (Å²) in [5.41, 5.74) is 4.12. The maximum atomic E-state index is 13.4. The molecule has 1 N–H and O–H groups in total. The molecule has 1 aliphatic rings. The van der Waals surface area contributed by atoms with Crippen molar-refractivity contribution in [3.05, 3.63) is 117 Å². The van der Waals surface area contributed by atoms with Gasteiger partial charge in [-0.3, -0.25) is 4.79 Å². The number of aromatic hydroxyl groups is 1. The molecule has 1 aliphatic carbocycles. The molecule has 0 saturated carbocycles. The summed E-state index contributed by atoms with van der Waals surface area (Å²) in [6.07, 6.45) is 4.12. The fourth-order valence-corrected chi connectivity index (χ4v) is 5.61. The Kier molecular flexibility index (Phi) is 7.00. The Morgan fingerprint density at radius 2 is 1.83 bits per heavy atom. The Bertz CT molecular complexity index is 2000. The first-order chi connectivity index (χ1) is 20.4. The van der Waals surface area contributed by atoms with Crippen LogP contribution in [0.15, 0.2) is 92.8 Å². The minimum Gasteiger partial charge on any atom is -0.504 e. The quantitative estimate of drug-likeness (QED) is 0.197. The predicted octanol–water partition coefficient (Wildman–Crippen LogP) is 5.85. The number of allylic oxidation sites excluding steroid dienone is 1. The number of hydrogen-bond donors (Lipinski definition) is 1. The van der Waals surface area contributed by atoms with E-state index in [-0.39, 0.29) is 17.8 Å². The highest BCUT2D eigenvalue weighted by Gasteiger charge is 2.37. The van der Waals surface area contributed by atoms with E-state index >= 15 is 0 Å². The van der Waals surface area contributed by atoms with Gasteiger partial charge in [0.15, 0.2) is 11.2 Å². The number of benzene rings is 3. The first-order valence-electron chi connectivity index (χ1n) is 13.6. The fourth-order valence-electron chi connectivity index (χ4n) is 5.61. The molecular weight excluding hydrogens is 532 g/mol. The minimum atomic E-state index is -0.728. The maximum Gasteiger partial charge on any atom is 0.335 e. The first kappa shape index (κ1) is 26.9. The summed E-state index contributed by atoms with van der Waals surface area (Å²) < 4.78 is 23.5.